The van der Waals surface area contributed by atoms with E-state index in [0.717, 1.165) is 44.3 Å². The number of fused-ring (bicyclic) bond motifs is 1. The number of hydrogen-bond acceptors (Lipinski definition) is 14. The summed E-state index contributed by atoms with van der Waals surface area (Å²) in [7, 11) is 0. The molecule has 0 aromatic rings. The number of esters is 1. The summed E-state index contributed by atoms with van der Waals surface area (Å²) in [5.74, 6) is -4.37. The molecule has 6 saturated heterocycles. The average molecular weight is 943 g/mol. The first kappa shape index (κ1) is 52.0. The topological polar surface area (TPSA) is 209 Å². The van der Waals surface area contributed by atoms with Crippen molar-refractivity contribution in [3.05, 3.63) is 59.8 Å². The highest BCUT2D eigenvalue weighted by atomic mass is 16.7. The molecule has 7 rings (SSSR count). The van der Waals surface area contributed by atoms with Gasteiger partial charge in [0.25, 0.3) is 0 Å². The van der Waals surface area contributed by atoms with Crippen LogP contribution in [0.3, 0.4) is 0 Å². The number of aliphatic hydroxyl groups excluding tert-OH is 3. The molecule has 6 fully saturated rings. The van der Waals surface area contributed by atoms with Gasteiger partial charge in [-0.1, -0.05) is 63.3 Å². The van der Waals surface area contributed by atoms with Crippen LogP contribution in [-0.4, -0.2) is 135 Å². The molecule has 7 aliphatic heterocycles. The number of hydrogen-bond donors (Lipinski definition) is 5. The molecule has 0 bridgehead atoms. The highest BCUT2D eigenvalue weighted by molar-refractivity contribution is 5.79. The largest absolute Gasteiger partial charge is 0.481 e. The fourth-order valence-electron chi connectivity index (χ4n) is 11.3. The maximum Gasteiger partial charge on any atom is 0.338 e. The molecule has 0 aromatic heterocycles. The highest BCUT2D eigenvalue weighted by Crippen LogP contribution is 2.47. The summed E-state index contributed by atoms with van der Waals surface area (Å²) in [6, 6.07) is 0. The van der Waals surface area contributed by atoms with Crippen LogP contribution in [0.25, 0.3) is 0 Å². The molecule has 5 N–H and O–H groups in total. The SMILES string of the molecule is C=C1C(O)C2OC3(CCC(C=CC(C)C4CC(C)=CC5(OC(CC(C)(O)C(=O)OCC(C)=CC=CCC(=O)O)CCC5O)O4)O3)CCC2OC1C(O)CC(C)C1OC2(CCCCO2)CCC1C. The Morgan fingerprint density at radius 2 is 1.76 bits per heavy atom. The molecule has 17 unspecified atom stereocenters. The Labute approximate surface area is 396 Å². The van der Waals surface area contributed by atoms with Crippen molar-refractivity contribution in [1.29, 1.82) is 0 Å². The fraction of sp³-hybridized carbons (Fsp3) is 0.769. The van der Waals surface area contributed by atoms with Crippen LogP contribution in [-0.2, 0) is 47.5 Å². The first-order chi connectivity index (χ1) is 31.7. The highest BCUT2D eigenvalue weighted by Gasteiger charge is 2.55. The normalized spacial score (nSPS) is 40.7. The molecule has 376 valence electrons. The zero-order valence-electron chi connectivity index (χ0n) is 40.5. The molecular weight excluding hydrogens is 865 g/mol. The Morgan fingerprint density at radius 1 is 1.00 bits per heavy atom. The summed E-state index contributed by atoms with van der Waals surface area (Å²) in [4.78, 5) is 23.7. The molecule has 0 aliphatic carbocycles. The summed E-state index contributed by atoms with van der Waals surface area (Å²) in [6.07, 6.45) is 13.7. The van der Waals surface area contributed by atoms with Gasteiger partial charge in [-0.15, -0.1) is 0 Å². The van der Waals surface area contributed by atoms with E-state index in [0.29, 0.717) is 68.4 Å². The third-order valence-corrected chi connectivity index (χ3v) is 15.2. The van der Waals surface area contributed by atoms with Crippen molar-refractivity contribution < 1.29 is 73.0 Å². The van der Waals surface area contributed by atoms with Crippen LogP contribution in [0.15, 0.2) is 59.8 Å². The van der Waals surface area contributed by atoms with E-state index >= 15 is 0 Å². The van der Waals surface area contributed by atoms with Crippen molar-refractivity contribution in [2.24, 2.45) is 17.8 Å². The number of allylic oxidation sites excluding steroid dienone is 2. The van der Waals surface area contributed by atoms with Gasteiger partial charge < -0.3 is 63.4 Å². The van der Waals surface area contributed by atoms with Crippen LogP contribution >= 0.6 is 0 Å². The monoisotopic (exact) mass is 943 g/mol. The zero-order valence-corrected chi connectivity index (χ0v) is 40.5. The molecule has 67 heavy (non-hydrogen) atoms. The first-order valence-electron chi connectivity index (χ1n) is 24.9. The standard InChI is InChI=1S/C52H78O15/c1-31(12-8-9-13-43(55)56)30-60-48(58)49(7,59)29-38-16-17-42(54)52(64-38)28-32(2)26-41(65-52)33(3)14-15-37-19-23-51(63-37)24-20-40-47(67-51)44(57)36(6)46(62-40)39(53)27-35(5)45-34(4)18-22-50(66-45)21-10-11-25-61-50/h8-9,12,14-15,28,33-35,37-42,44-47,53-54,57,59H,6,10-11,13,16-27,29-30H2,1-5,7H3,(H,55,56). The lowest BCUT2D eigenvalue weighted by Crippen LogP contribution is -2.60. The van der Waals surface area contributed by atoms with Gasteiger partial charge in [-0.05, 0) is 108 Å². The molecule has 0 aromatic carbocycles. The summed E-state index contributed by atoms with van der Waals surface area (Å²) in [6.45, 7) is 16.3. The predicted octanol–water partition coefficient (Wildman–Crippen LogP) is 6.65. The van der Waals surface area contributed by atoms with Crippen LogP contribution in [0.4, 0.5) is 0 Å². The Kier molecular flexibility index (Phi) is 16.8. The second-order valence-corrected chi connectivity index (χ2v) is 21.2. The van der Waals surface area contributed by atoms with Gasteiger partial charge in [-0.3, -0.25) is 4.79 Å². The van der Waals surface area contributed by atoms with Crippen molar-refractivity contribution in [3.8, 4) is 0 Å². The second-order valence-electron chi connectivity index (χ2n) is 21.2. The van der Waals surface area contributed by atoms with Crippen molar-refractivity contribution in [3.63, 3.8) is 0 Å². The molecular formula is C52H78O15. The Hall–Kier alpha value is -2.80. The number of carboxylic acid groups (broad SMARTS) is 1. The minimum absolute atomic E-state index is 0.0392. The lowest BCUT2D eigenvalue weighted by atomic mass is 9.79. The van der Waals surface area contributed by atoms with Crippen LogP contribution in [0.5, 0.6) is 0 Å². The molecule has 15 nitrogen and oxygen atoms in total. The van der Waals surface area contributed by atoms with Gasteiger partial charge in [0.05, 0.1) is 49.7 Å². The van der Waals surface area contributed by atoms with Crippen molar-refractivity contribution in [2.45, 2.75) is 222 Å². The molecule has 3 spiro atoms. The summed E-state index contributed by atoms with van der Waals surface area (Å²) in [5.41, 5.74) is 0.185. The van der Waals surface area contributed by atoms with Gasteiger partial charge in [0.1, 0.15) is 31.0 Å². The summed E-state index contributed by atoms with van der Waals surface area (Å²) >= 11 is 0. The molecule has 0 amide bonds. The van der Waals surface area contributed by atoms with Gasteiger partial charge in [0.15, 0.2) is 17.2 Å². The number of ether oxygens (including phenoxy) is 8. The van der Waals surface area contributed by atoms with Gasteiger partial charge >= 0.3 is 11.9 Å². The van der Waals surface area contributed by atoms with E-state index in [9.17, 15) is 30.0 Å². The molecule has 17 atom stereocenters. The Bertz CT molecular complexity index is 1870. The molecule has 7 heterocycles. The molecule has 0 radical (unpaired) electrons. The molecule has 0 saturated carbocycles. The van der Waals surface area contributed by atoms with E-state index < -0.39 is 77.6 Å². The van der Waals surface area contributed by atoms with Crippen molar-refractivity contribution in [1.82, 2.24) is 0 Å². The predicted molar refractivity (Wildman–Crippen MR) is 246 cm³/mol. The quantitative estimate of drug-likeness (QED) is 0.0662. The van der Waals surface area contributed by atoms with Crippen molar-refractivity contribution in [2.75, 3.05) is 13.2 Å². The van der Waals surface area contributed by atoms with E-state index in [-0.39, 0.29) is 49.6 Å². The van der Waals surface area contributed by atoms with Crippen LogP contribution in [0.1, 0.15) is 138 Å². The molecule has 15 heteroatoms. The lowest BCUT2D eigenvalue weighted by Gasteiger charge is -2.50. The second kappa shape index (κ2) is 21.7. The van der Waals surface area contributed by atoms with Gasteiger partial charge in [0, 0.05) is 38.0 Å². The first-order valence-corrected chi connectivity index (χ1v) is 24.9. The third-order valence-electron chi connectivity index (χ3n) is 15.2. The van der Waals surface area contributed by atoms with E-state index in [1.807, 2.05) is 26.0 Å². The van der Waals surface area contributed by atoms with Crippen LogP contribution in [0, 0.1) is 17.8 Å². The van der Waals surface area contributed by atoms with E-state index in [4.69, 9.17) is 43.0 Å². The average Bonchev–Trinajstić information content (AvgIpc) is 3.68. The number of carbonyl (C=O) groups is 2. The van der Waals surface area contributed by atoms with Crippen molar-refractivity contribution >= 4 is 11.9 Å². The summed E-state index contributed by atoms with van der Waals surface area (Å²) in [5, 5.41) is 54.5. The number of rotatable bonds is 15. The van der Waals surface area contributed by atoms with Crippen LogP contribution < -0.4 is 0 Å². The number of carbonyl (C=O) groups excluding carboxylic acids is 1. The Balaban J connectivity index is 0.894. The third kappa shape index (κ3) is 12.4. The van der Waals surface area contributed by atoms with Gasteiger partial charge in [-0.25, -0.2) is 4.79 Å². The van der Waals surface area contributed by atoms with E-state index in [1.54, 1.807) is 19.1 Å². The van der Waals surface area contributed by atoms with Gasteiger partial charge in [0.2, 0.25) is 5.79 Å². The van der Waals surface area contributed by atoms with Gasteiger partial charge in [-0.2, -0.15) is 0 Å². The minimum atomic E-state index is -1.88. The van der Waals surface area contributed by atoms with E-state index in [1.165, 1.54) is 13.0 Å². The maximum atomic E-state index is 13.0. The van der Waals surface area contributed by atoms with Crippen LogP contribution in [0.2, 0.25) is 0 Å². The number of aliphatic carboxylic acids is 1. The smallest absolute Gasteiger partial charge is 0.338 e. The fourth-order valence-corrected chi connectivity index (χ4v) is 11.3. The van der Waals surface area contributed by atoms with E-state index in [2.05, 4.69) is 26.5 Å². The zero-order chi connectivity index (χ0) is 48.3. The summed E-state index contributed by atoms with van der Waals surface area (Å²) < 4.78 is 51.1. The maximum absolute atomic E-state index is 13.0. The number of aliphatic hydroxyl groups is 4. The molecule has 7 aliphatic rings. The number of carboxylic acids is 1. The lowest BCUT2D eigenvalue weighted by molar-refractivity contribution is -0.321. The minimum Gasteiger partial charge on any atom is -0.481 e. The Morgan fingerprint density at radius 3 is 2.51 bits per heavy atom.